The second-order valence-electron chi connectivity index (χ2n) is 16.1. The van der Waals surface area contributed by atoms with Gasteiger partial charge in [0.25, 0.3) is 0 Å². The van der Waals surface area contributed by atoms with Crippen LogP contribution in [0.3, 0.4) is 0 Å². The second kappa shape index (κ2) is 13.4. The van der Waals surface area contributed by atoms with E-state index in [2.05, 4.69) is 200 Å². The van der Waals surface area contributed by atoms with Gasteiger partial charge in [0.2, 0.25) is 0 Å². The molecular weight excluding hydrogens is 727 g/mol. The van der Waals surface area contributed by atoms with Crippen molar-refractivity contribution in [3.63, 3.8) is 0 Å². The fraction of sp³-hybridized carbons (Fsp3) is 0.0517. The third-order valence-corrected chi connectivity index (χ3v) is 13.0. The van der Waals surface area contributed by atoms with Crippen molar-refractivity contribution in [3.8, 4) is 62.1 Å². The van der Waals surface area contributed by atoms with Crippen LogP contribution in [0.15, 0.2) is 206 Å². The van der Waals surface area contributed by atoms with E-state index < -0.39 is 5.41 Å². The molecule has 2 heteroatoms. The van der Waals surface area contributed by atoms with Crippen LogP contribution in [-0.4, -0.2) is 0 Å². The van der Waals surface area contributed by atoms with Gasteiger partial charge in [0.1, 0.15) is 11.5 Å². The molecule has 1 heterocycles. The fourth-order valence-electron chi connectivity index (χ4n) is 10.5. The maximum atomic E-state index is 10.2. The molecule has 9 aromatic carbocycles. The molecule has 0 bridgehead atoms. The third kappa shape index (κ3) is 5.00. The molecule has 280 valence electrons. The number of fused-ring (bicyclic) bond motifs is 10. The first kappa shape index (κ1) is 34.3. The van der Waals surface area contributed by atoms with Crippen LogP contribution in [0, 0.1) is 11.3 Å². The Balaban J connectivity index is 1.14. The summed E-state index contributed by atoms with van der Waals surface area (Å²) < 4.78 is 6.84. The monoisotopic (exact) mass is 763 g/mol. The average molecular weight is 764 g/mol. The fourth-order valence-corrected chi connectivity index (χ4v) is 10.5. The highest BCUT2D eigenvalue weighted by molar-refractivity contribution is 6.21. The first-order chi connectivity index (χ1) is 29.7. The summed E-state index contributed by atoms with van der Waals surface area (Å²) in [6.07, 6.45) is 6.61. The lowest BCUT2D eigenvalue weighted by Gasteiger charge is -2.40. The van der Waals surface area contributed by atoms with E-state index in [1.54, 1.807) is 0 Å². The van der Waals surface area contributed by atoms with Gasteiger partial charge in [0.05, 0.1) is 17.0 Å². The van der Waals surface area contributed by atoms with Gasteiger partial charge >= 0.3 is 0 Å². The molecule has 0 saturated heterocycles. The smallest absolute Gasteiger partial charge is 0.132 e. The molecule has 0 amide bonds. The van der Waals surface area contributed by atoms with E-state index in [-0.39, 0.29) is 0 Å². The van der Waals surface area contributed by atoms with Crippen LogP contribution in [0.5, 0.6) is 11.5 Å². The van der Waals surface area contributed by atoms with Gasteiger partial charge in [-0.15, -0.1) is 0 Å². The molecule has 3 aliphatic rings. The summed E-state index contributed by atoms with van der Waals surface area (Å²) in [5, 5.41) is 15.0. The van der Waals surface area contributed by atoms with E-state index in [0.717, 1.165) is 46.6 Å². The number of nitrogens with zero attached hydrogens (tertiary/aromatic N) is 1. The van der Waals surface area contributed by atoms with E-state index in [4.69, 9.17) is 4.74 Å². The predicted octanol–water partition coefficient (Wildman–Crippen LogP) is 15.1. The minimum absolute atomic E-state index is 0.647. The molecular formula is C58H37NO. The van der Waals surface area contributed by atoms with Crippen LogP contribution in [0.25, 0.3) is 71.6 Å². The number of ether oxygens (including phenoxy) is 1. The number of nitriles is 1. The molecule has 0 saturated carbocycles. The maximum Gasteiger partial charge on any atom is 0.132 e. The lowest BCUT2D eigenvalue weighted by Crippen LogP contribution is -2.33. The van der Waals surface area contributed by atoms with Gasteiger partial charge < -0.3 is 4.74 Å². The number of allylic oxidation sites excluding steroid dienone is 4. The van der Waals surface area contributed by atoms with Crippen molar-refractivity contribution in [3.05, 3.63) is 234 Å². The lowest BCUT2D eigenvalue weighted by atomic mass is 9.64. The number of para-hydroxylation sites is 1. The average Bonchev–Trinajstić information content (AvgIpc) is 3.61. The summed E-state index contributed by atoms with van der Waals surface area (Å²) in [5.74, 6) is 1.70. The van der Waals surface area contributed by atoms with Crippen LogP contribution >= 0.6 is 0 Å². The molecule has 0 radical (unpaired) electrons. The van der Waals surface area contributed by atoms with E-state index in [0.29, 0.717) is 5.56 Å². The van der Waals surface area contributed by atoms with E-state index in [1.165, 1.54) is 77.2 Å². The first-order valence-electron chi connectivity index (χ1n) is 20.8. The van der Waals surface area contributed by atoms with E-state index >= 15 is 0 Å². The molecule has 1 aliphatic heterocycles. The molecule has 2 nitrogen and oxygen atoms in total. The van der Waals surface area contributed by atoms with Gasteiger partial charge in [0.15, 0.2) is 0 Å². The largest absolute Gasteiger partial charge is 0.457 e. The highest BCUT2D eigenvalue weighted by Gasteiger charge is 2.52. The molecule has 9 aromatic rings. The van der Waals surface area contributed by atoms with Crippen LogP contribution in [0.2, 0.25) is 0 Å². The van der Waals surface area contributed by atoms with Crippen molar-refractivity contribution in [2.75, 3.05) is 0 Å². The molecule has 60 heavy (non-hydrogen) atoms. The number of hydrogen-bond donors (Lipinski definition) is 0. The second-order valence-corrected chi connectivity index (χ2v) is 16.1. The minimum atomic E-state index is -0.647. The summed E-state index contributed by atoms with van der Waals surface area (Å²) in [7, 11) is 0. The number of rotatable bonds is 4. The van der Waals surface area contributed by atoms with Crippen molar-refractivity contribution < 1.29 is 4.74 Å². The van der Waals surface area contributed by atoms with Crippen LogP contribution < -0.4 is 4.74 Å². The summed E-state index contributed by atoms with van der Waals surface area (Å²) in [4.78, 5) is 0. The Morgan fingerprint density at radius 2 is 1.02 bits per heavy atom. The topological polar surface area (TPSA) is 33.0 Å². The summed E-state index contributed by atoms with van der Waals surface area (Å²) in [5.41, 5.74) is 16.7. The minimum Gasteiger partial charge on any atom is -0.457 e. The molecule has 0 fully saturated rings. The van der Waals surface area contributed by atoms with Crippen molar-refractivity contribution in [1.82, 2.24) is 0 Å². The van der Waals surface area contributed by atoms with Gasteiger partial charge in [-0.1, -0.05) is 152 Å². The lowest BCUT2D eigenvalue weighted by molar-refractivity contribution is 0.435. The molecule has 0 aromatic heterocycles. The van der Waals surface area contributed by atoms with Crippen LogP contribution in [0.4, 0.5) is 0 Å². The standard InChI is InChI=1S/C58H37NO/c59-36-37-27-29-45-44-19-11-12-24-50(44)58(52(45)31-37)51-25-13-14-26-54(51)60-55-30-28-40(35-53(55)58)56-46-20-7-9-22-48(46)57(49-23-10-8-21-47(49)56)43-33-41(38-15-3-1-4-16-38)32-42(34-43)39-17-5-2-6-18-39/h1-10,12-18,20-35H,11,19H2. The van der Waals surface area contributed by atoms with E-state index in [1.807, 2.05) is 6.07 Å². The Hall–Kier alpha value is -7.73. The van der Waals surface area contributed by atoms with Crippen molar-refractivity contribution in [1.29, 1.82) is 5.26 Å². The molecule has 1 spiro atoms. The van der Waals surface area contributed by atoms with Gasteiger partial charge in [-0.05, 0) is 150 Å². The van der Waals surface area contributed by atoms with Gasteiger partial charge in [-0.25, -0.2) is 0 Å². The quantitative estimate of drug-likeness (QED) is 0.167. The van der Waals surface area contributed by atoms with Crippen molar-refractivity contribution >= 4 is 27.1 Å². The molecule has 1 atom stereocenters. The Kier molecular flexibility index (Phi) is 7.67. The highest BCUT2D eigenvalue weighted by atomic mass is 16.5. The molecule has 12 rings (SSSR count). The summed E-state index contributed by atoms with van der Waals surface area (Å²) in [6, 6.07) is 70.3. The number of benzene rings is 9. The molecule has 1 unspecified atom stereocenters. The zero-order valence-electron chi connectivity index (χ0n) is 32.8. The highest BCUT2D eigenvalue weighted by Crippen LogP contribution is 2.63. The van der Waals surface area contributed by atoms with Gasteiger partial charge in [-0.2, -0.15) is 5.26 Å². The Morgan fingerprint density at radius 1 is 0.450 bits per heavy atom. The third-order valence-electron chi connectivity index (χ3n) is 13.0. The first-order valence-corrected chi connectivity index (χ1v) is 20.8. The SMILES string of the molecule is N#Cc1ccc2c(c1)C1(C3=C2CCC=C3)c2ccccc2Oc2ccc(-c3c4ccccc4c(-c4cc(-c5ccccc5)cc(-c5ccccc5)c4)c4ccccc34)cc21. The van der Waals surface area contributed by atoms with Crippen LogP contribution in [-0.2, 0) is 5.41 Å². The Bertz CT molecular complexity index is 3230. The van der Waals surface area contributed by atoms with Crippen LogP contribution in [0.1, 0.15) is 40.7 Å². The van der Waals surface area contributed by atoms with E-state index in [9.17, 15) is 5.26 Å². The number of hydrogen-bond acceptors (Lipinski definition) is 2. The normalized spacial score (nSPS) is 15.9. The summed E-state index contributed by atoms with van der Waals surface area (Å²) in [6.45, 7) is 0. The Morgan fingerprint density at radius 3 is 1.67 bits per heavy atom. The predicted molar refractivity (Wildman–Crippen MR) is 246 cm³/mol. The van der Waals surface area contributed by atoms with Gasteiger partial charge in [-0.3, -0.25) is 0 Å². The maximum absolute atomic E-state index is 10.2. The zero-order valence-corrected chi connectivity index (χ0v) is 32.8. The van der Waals surface area contributed by atoms with Gasteiger partial charge in [0, 0.05) is 11.1 Å². The molecule has 2 aliphatic carbocycles. The molecule has 0 N–H and O–H groups in total. The summed E-state index contributed by atoms with van der Waals surface area (Å²) >= 11 is 0. The Labute approximate surface area is 349 Å². The van der Waals surface area contributed by atoms with Crippen molar-refractivity contribution in [2.45, 2.75) is 18.3 Å². The van der Waals surface area contributed by atoms with Crippen molar-refractivity contribution in [2.24, 2.45) is 0 Å². The zero-order chi connectivity index (χ0) is 39.8.